The third-order valence-electron chi connectivity index (χ3n) is 5.56. The molecule has 28 heavy (non-hydrogen) atoms. The van der Waals surface area contributed by atoms with Crippen LogP contribution in [0.1, 0.15) is 5.56 Å². The summed E-state index contributed by atoms with van der Waals surface area (Å²) in [5.74, 6) is 3.38. The molecule has 0 N–H and O–H groups in total. The van der Waals surface area contributed by atoms with E-state index in [0.717, 1.165) is 51.5 Å². The van der Waals surface area contributed by atoms with Gasteiger partial charge in [-0.1, -0.05) is 0 Å². The summed E-state index contributed by atoms with van der Waals surface area (Å²) in [7, 11) is 10.4. The number of ether oxygens (including phenoxy) is 5. The molecule has 0 radical (unpaired) electrons. The second-order valence-corrected chi connectivity index (χ2v) is 6.82. The van der Waals surface area contributed by atoms with Gasteiger partial charge in [0.15, 0.2) is 23.0 Å². The lowest BCUT2D eigenvalue weighted by atomic mass is 9.90. The maximum atomic E-state index is 5.85. The van der Waals surface area contributed by atoms with E-state index in [2.05, 4.69) is 18.0 Å². The van der Waals surface area contributed by atoms with E-state index in [4.69, 9.17) is 23.7 Å². The van der Waals surface area contributed by atoms with Crippen molar-refractivity contribution in [1.29, 1.82) is 0 Å². The van der Waals surface area contributed by atoms with Gasteiger partial charge in [-0.25, -0.2) is 0 Å². The Balaban J connectivity index is 2.29. The van der Waals surface area contributed by atoms with Crippen LogP contribution in [-0.4, -0.2) is 49.1 Å². The van der Waals surface area contributed by atoms with Gasteiger partial charge in [-0.3, -0.25) is 0 Å². The van der Waals surface area contributed by atoms with Crippen LogP contribution in [0.5, 0.6) is 28.7 Å². The number of methoxy groups -OCH3 is 5. The summed E-state index contributed by atoms with van der Waals surface area (Å²) in [6, 6.07) is 6.19. The number of anilines is 1. The van der Waals surface area contributed by atoms with Crippen LogP contribution in [0, 0.1) is 0 Å². The molecule has 0 atom stereocenters. The number of hydrogen-bond donors (Lipinski definition) is 0. The van der Waals surface area contributed by atoms with Gasteiger partial charge in [-0.2, -0.15) is 0 Å². The molecule has 6 heteroatoms. The molecule has 6 nitrogen and oxygen atoms in total. The second kappa shape index (κ2) is 6.86. The Bertz CT molecular complexity index is 1080. The molecule has 0 aromatic heterocycles. The molecule has 3 aromatic carbocycles. The van der Waals surface area contributed by atoms with Crippen molar-refractivity contribution in [2.45, 2.75) is 6.42 Å². The Morgan fingerprint density at radius 2 is 1.36 bits per heavy atom. The van der Waals surface area contributed by atoms with Crippen LogP contribution in [0.4, 0.5) is 5.69 Å². The van der Waals surface area contributed by atoms with Crippen molar-refractivity contribution in [1.82, 2.24) is 0 Å². The maximum absolute atomic E-state index is 5.85. The molecule has 3 aromatic rings. The summed E-state index contributed by atoms with van der Waals surface area (Å²) in [6.45, 7) is 0.896. The van der Waals surface area contributed by atoms with E-state index in [1.807, 2.05) is 12.1 Å². The van der Waals surface area contributed by atoms with Crippen molar-refractivity contribution in [3.05, 3.63) is 23.8 Å². The highest BCUT2D eigenvalue weighted by Crippen LogP contribution is 2.53. The van der Waals surface area contributed by atoms with Crippen LogP contribution < -0.4 is 28.6 Å². The van der Waals surface area contributed by atoms with Crippen LogP contribution in [0.25, 0.3) is 21.5 Å². The second-order valence-electron chi connectivity index (χ2n) is 6.82. The molecule has 1 heterocycles. The molecule has 0 aliphatic carbocycles. The van der Waals surface area contributed by atoms with Crippen molar-refractivity contribution in [3.63, 3.8) is 0 Å². The fourth-order valence-electron chi connectivity index (χ4n) is 4.26. The van der Waals surface area contributed by atoms with Crippen LogP contribution in [0.3, 0.4) is 0 Å². The number of fused-ring (bicyclic) bond motifs is 2. The molecule has 0 unspecified atom stereocenters. The monoisotopic (exact) mass is 383 g/mol. The molecule has 0 amide bonds. The fraction of sp³-hybridized carbons (Fsp3) is 0.364. The first-order valence-corrected chi connectivity index (χ1v) is 9.13. The molecule has 4 rings (SSSR count). The van der Waals surface area contributed by atoms with Crippen molar-refractivity contribution in [2.75, 3.05) is 54.0 Å². The number of nitrogens with zero attached hydrogens (tertiary/aromatic N) is 1. The predicted octanol–water partition coefficient (Wildman–Crippen LogP) is 4.03. The Hall–Kier alpha value is -3.02. The van der Waals surface area contributed by atoms with Crippen LogP contribution in [-0.2, 0) is 6.42 Å². The quantitative estimate of drug-likeness (QED) is 0.620. The highest BCUT2D eigenvalue weighted by atomic mass is 16.5. The maximum Gasteiger partial charge on any atom is 0.204 e. The summed E-state index contributed by atoms with van der Waals surface area (Å²) >= 11 is 0. The zero-order valence-corrected chi connectivity index (χ0v) is 17.1. The van der Waals surface area contributed by atoms with Gasteiger partial charge in [0.05, 0.1) is 35.5 Å². The van der Waals surface area contributed by atoms with E-state index in [0.29, 0.717) is 23.0 Å². The van der Waals surface area contributed by atoms with Crippen molar-refractivity contribution >= 4 is 27.2 Å². The lowest BCUT2D eigenvalue weighted by Gasteiger charge is -2.31. The van der Waals surface area contributed by atoms with Gasteiger partial charge >= 0.3 is 0 Å². The van der Waals surface area contributed by atoms with Crippen molar-refractivity contribution < 1.29 is 23.7 Å². The lowest BCUT2D eigenvalue weighted by molar-refractivity contribution is 0.325. The van der Waals surface area contributed by atoms with E-state index in [1.165, 1.54) is 0 Å². The SMILES string of the molecule is COc1cc2cc3c4c(c(OC)c(OC)c(OC)c4c2cc1OC)CCN3C. The van der Waals surface area contributed by atoms with Gasteiger partial charge in [-0.15, -0.1) is 0 Å². The van der Waals surface area contributed by atoms with Crippen LogP contribution >= 0.6 is 0 Å². The molecule has 0 saturated carbocycles. The van der Waals surface area contributed by atoms with Gasteiger partial charge in [0.1, 0.15) is 0 Å². The number of likely N-dealkylation sites (N-methyl/N-ethyl adjacent to an activating group) is 1. The normalized spacial score (nSPS) is 13.0. The van der Waals surface area contributed by atoms with Gasteiger partial charge in [-0.05, 0) is 35.4 Å². The molecule has 0 spiro atoms. The standard InChI is InChI=1S/C22H25NO5/c1-23-8-7-13-18-15(23)9-12-10-16(24-2)17(25-3)11-14(12)19(18)21(27-5)22(28-6)20(13)26-4/h9-11H,7-8H2,1-6H3. The number of rotatable bonds is 5. The average molecular weight is 383 g/mol. The third kappa shape index (κ3) is 2.40. The van der Waals surface area contributed by atoms with E-state index in [9.17, 15) is 0 Å². The summed E-state index contributed by atoms with van der Waals surface area (Å²) in [4.78, 5) is 2.26. The van der Waals surface area contributed by atoms with Crippen molar-refractivity contribution in [3.8, 4) is 28.7 Å². The highest BCUT2D eigenvalue weighted by molar-refractivity contribution is 6.19. The molecule has 0 bridgehead atoms. The molecule has 1 aliphatic heterocycles. The minimum Gasteiger partial charge on any atom is -0.493 e. The van der Waals surface area contributed by atoms with Gasteiger partial charge in [0, 0.05) is 35.6 Å². The zero-order chi connectivity index (χ0) is 20.0. The van der Waals surface area contributed by atoms with Crippen molar-refractivity contribution in [2.24, 2.45) is 0 Å². The predicted molar refractivity (Wildman–Crippen MR) is 111 cm³/mol. The van der Waals surface area contributed by atoms with Crippen LogP contribution in [0.15, 0.2) is 18.2 Å². The lowest BCUT2D eigenvalue weighted by Crippen LogP contribution is -2.25. The Morgan fingerprint density at radius 3 is 1.96 bits per heavy atom. The Morgan fingerprint density at radius 1 is 0.714 bits per heavy atom. The third-order valence-corrected chi connectivity index (χ3v) is 5.56. The summed E-state index contributed by atoms with van der Waals surface area (Å²) < 4.78 is 28.4. The first kappa shape index (κ1) is 18.3. The van der Waals surface area contributed by atoms with E-state index in [1.54, 1.807) is 35.5 Å². The summed E-state index contributed by atoms with van der Waals surface area (Å²) in [6.07, 6.45) is 0.863. The number of hydrogen-bond acceptors (Lipinski definition) is 6. The molecule has 148 valence electrons. The molecule has 0 fully saturated rings. The largest absolute Gasteiger partial charge is 0.493 e. The van der Waals surface area contributed by atoms with Gasteiger partial charge < -0.3 is 28.6 Å². The molecule has 0 saturated heterocycles. The summed E-state index contributed by atoms with van der Waals surface area (Å²) in [5, 5.41) is 4.19. The molecule has 1 aliphatic rings. The first-order chi connectivity index (χ1) is 13.6. The van der Waals surface area contributed by atoms with E-state index < -0.39 is 0 Å². The minimum absolute atomic E-state index is 0.616. The smallest absolute Gasteiger partial charge is 0.204 e. The van der Waals surface area contributed by atoms with Gasteiger partial charge in [0.25, 0.3) is 0 Å². The van der Waals surface area contributed by atoms with Gasteiger partial charge in [0.2, 0.25) is 5.75 Å². The molecular formula is C22H25NO5. The first-order valence-electron chi connectivity index (χ1n) is 9.13. The number of benzene rings is 3. The average Bonchev–Trinajstić information content (AvgIpc) is 2.73. The van der Waals surface area contributed by atoms with E-state index in [-0.39, 0.29) is 0 Å². The topological polar surface area (TPSA) is 49.4 Å². The summed E-state index contributed by atoms with van der Waals surface area (Å²) in [5.41, 5.74) is 2.27. The minimum atomic E-state index is 0.616. The Labute approximate surface area is 164 Å². The van der Waals surface area contributed by atoms with Crippen LogP contribution in [0.2, 0.25) is 0 Å². The highest BCUT2D eigenvalue weighted by Gasteiger charge is 2.29. The Kier molecular flexibility index (Phi) is 4.49. The van der Waals surface area contributed by atoms with E-state index >= 15 is 0 Å². The fourth-order valence-corrected chi connectivity index (χ4v) is 4.26. The molecular weight excluding hydrogens is 358 g/mol. The zero-order valence-electron chi connectivity index (χ0n) is 17.1.